The molecule has 1 aliphatic carbocycles. The number of likely N-dealkylation sites (tertiary alicyclic amines) is 1. The van der Waals surface area contributed by atoms with Crippen molar-refractivity contribution in [1.29, 1.82) is 0 Å². The first-order chi connectivity index (χ1) is 11.5. The van der Waals surface area contributed by atoms with Crippen molar-refractivity contribution in [3.63, 3.8) is 0 Å². The van der Waals surface area contributed by atoms with Crippen LogP contribution in [0.25, 0.3) is 0 Å². The maximum absolute atomic E-state index is 12.9. The predicted molar refractivity (Wildman–Crippen MR) is 96.2 cm³/mol. The number of hydrogen-bond donors (Lipinski definition) is 0. The highest BCUT2D eigenvalue weighted by atomic mass is 16.2. The van der Waals surface area contributed by atoms with Crippen LogP contribution in [0.2, 0.25) is 0 Å². The van der Waals surface area contributed by atoms with Crippen LogP contribution in [0.1, 0.15) is 54.9 Å². The van der Waals surface area contributed by atoms with Gasteiger partial charge >= 0.3 is 0 Å². The highest BCUT2D eigenvalue weighted by molar-refractivity contribution is 5.94. The van der Waals surface area contributed by atoms with Crippen LogP contribution in [0.3, 0.4) is 0 Å². The number of carbonyl (C=O) groups is 1. The third-order valence-corrected chi connectivity index (χ3v) is 5.42. The molecule has 0 bridgehead atoms. The van der Waals surface area contributed by atoms with Crippen molar-refractivity contribution in [3.8, 4) is 0 Å². The first kappa shape index (κ1) is 17.2. The zero-order valence-corrected chi connectivity index (χ0v) is 15.3. The van der Waals surface area contributed by atoms with E-state index in [0.29, 0.717) is 11.7 Å². The van der Waals surface area contributed by atoms with Crippen molar-refractivity contribution in [2.75, 3.05) is 26.2 Å². The van der Waals surface area contributed by atoms with Gasteiger partial charge in [-0.2, -0.15) is 5.10 Å². The van der Waals surface area contributed by atoms with E-state index in [4.69, 9.17) is 0 Å². The van der Waals surface area contributed by atoms with Crippen LogP contribution in [-0.4, -0.2) is 57.7 Å². The number of rotatable bonds is 5. The van der Waals surface area contributed by atoms with Crippen molar-refractivity contribution in [1.82, 2.24) is 19.6 Å². The molecule has 0 aromatic carbocycles. The van der Waals surface area contributed by atoms with Gasteiger partial charge in [-0.25, -0.2) is 0 Å². The number of amides is 1. The summed E-state index contributed by atoms with van der Waals surface area (Å²) in [6, 6.07) is 0.480. The van der Waals surface area contributed by atoms with Gasteiger partial charge in [-0.1, -0.05) is 19.1 Å². The number of nitrogens with zero attached hydrogens (tertiary/aromatic N) is 4. The van der Waals surface area contributed by atoms with Gasteiger partial charge in [0.2, 0.25) is 0 Å². The van der Waals surface area contributed by atoms with E-state index >= 15 is 0 Å². The third-order valence-electron chi connectivity index (χ3n) is 5.42. The van der Waals surface area contributed by atoms with E-state index in [2.05, 4.69) is 30.4 Å². The van der Waals surface area contributed by atoms with Crippen molar-refractivity contribution in [3.05, 3.63) is 29.1 Å². The van der Waals surface area contributed by atoms with Crippen molar-refractivity contribution < 1.29 is 4.79 Å². The van der Waals surface area contributed by atoms with Crippen LogP contribution in [-0.2, 0) is 19.9 Å². The molecule has 1 aliphatic heterocycles. The number of carbonyl (C=O) groups excluding carboxylic acids is 1. The summed E-state index contributed by atoms with van der Waals surface area (Å²) in [7, 11) is 1.98. The SMILES string of the molecule is C=C(C)CN(CC)C1CCc2c(c(C(=O)N3CCCC3)nn2C)C1. The highest BCUT2D eigenvalue weighted by Crippen LogP contribution is 2.28. The lowest BCUT2D eigenvalue weighted by Crippen LogP contribution is -2.40. The van der Waals surface area contributed by atoms with Crippen LogP contribution in [0.5, 0.6) is 0 Å². The van der Waals surface area contributed by atoms with E-state index in [1.165, 1.54) is 16.8 Å². The smallest absolute Gasteiger partial charge is 0.274 e. The molecule has 132 valence electrons. The number of likely N-dealkylation sites (N-methyl/N-ethyl adjacent to an activating group) is 1. The standard InChI is InChI=1S/C19H30N4O/c1-5-22(13-14(2)3)15-8-9-17-16(12-15)18(20-21(17)4)19(24)23-10-6-7-11-23/h15H,2,5-13H2,1,3-4H3. The average molecular weight is 330 g/mol. The first-order valence-electron chi connectivity index (χ1n) is 9.23. The summed E-state index contributed by atoms with van der Waals surface area (Å²) in [5.74, 6) is 0.132. The van der Waals surface area contributed by atoms with E-state index in [-0.39, 0.29) is 5.91 Å². The van der Waals surface area contributed by atoms with Crippen LogP contribution < -0.4 is 0 Å². The minimum atomic E-state index is 0.132. The summed E-state index contributed by atoms with van der Waals surface area (Å²) in [5, 5.41) is 4.61. The number of aryl methyl sites for hydroxylation is 1. The lowest BCUT2D eigenvalue weighted by molar-refractivity contribution is 0.0784. The minimum Gasteiger partial charge on any atom is -0.337 e. The average Bonchev–Trinajstić information content (AvgIpc) is 3.20. The Morgan fingerprint density at radius 3 is 2.71 bits per heavy atom. The van der Waals surface area contributed by atoms with Crippen LogP contribution in [0.4, 0.5) is 0 Å². The van der Waals surface area contributed by atoms with Crippen molar-refractivity contribution >= 4 is 5.91 Å². The summed E-state index contributed by atoms with van der Waals surface area (Å²) < 4.78 is 1.93. The zero-order chi connectivity index (χ0) is 17.3. The molecule has 0 saturated carbocycles. The van der Waals surface area contributed by atoms with Gasteiger partial charge in [-0.05, 0) is 45.6 Å². The van der Waals surface area contributed by atoms with Gasteiger partial charge in [-0.3, -0.25) is 14.4 Å². The molecule has 1 atom stereocenters. The third kappa shape index (κ3) is 3.27. The molecule has 1 aromatic rings. The van der Waals surface area contributed by atoms with Crippen LogP contribution in [0.15, 0.2) is 12.2 Å². The van der Waals surface area contributed by atoms with Gasteiger partial charge in [-0.15, -0.1) is 0 Å². The van der Waals surface area contributed by atoms with E-state index in [1.54, 1.807) is 0 Å². The molecule has 2 heterocycles. The Kier molecular flexibility index (Phi) is 5.09. The molecule has 1 saturated heterocycles. The molecular weight excluding hydrogens is 300 g/mol. The minimum absolute atomic E-state index is 0.132. The zero-order valence-electron chi connectivity index (χ0n) is 15.3. The summed E-state index contributed by atoms with van der Waals surface area (Å²) in [6.45, 7) is 12.1. The molecule has 1 aromatic heterocycles. The van der Waals surface area contributed by atoms with Gasteiger partial charge in [0, 0.05) is 44.0 Å². The van der Waals surface area contributed by atoms with Gasteiger partial charge < -0.3 is 4.90 Å². The number of aromatic nitrogens is 2. The Bertz CT molecular complexity index is 628. The quantitative estimate of drug-likeness (QED) is 0.779. The Morgan fingerprint density at radius 1 is 1.38 bits per heavy atom. The first-order valence-corrected chi connectivity index (χ1v) is 9.23. The van der Waals surface area contributed by atoms with Crippen molar-refractivity contribution in [2.45, 2.75) is 52.0 Å². The summed E-state index contributed by atoms with van der Waals surface area (Å²) >= 11 is 0. The van der Waals surface area contributed by atoms with E-state index < -0.39 is 0 Å². The van der Waals surface area contributed by atoms with Gasteiger partial charge in [0.25, 0.3) is 5.91 Å². The maximum atomic E-state index is 12.9. The summed E-state index contributed by atoms with van der Waals surface area (Å²) in [6.07, 6.45) is 5.30. The fraction of sp³-hybridized carbons (Fsp3) is 0.684. The predicted octanol–water partition coefficient (Wildman–Crippen LogP) is 2.41. The molecule has 1 unspecified atom stereocenters. The second-order valence-corrected chi connectivity index (χ2v) is 7.31. The second-order valence-electron chi connectivity index (χ2n) is 7.31. The largest absolute Gasteiger partial charge is 0.337 e. The van der Waals surface area contributed by atoms with Crippen LogP contribution >= 0.6 is 0 Å². The molecule has 5 heteroatoms. The number of fused-ring (bicyclic) bond motifs is 1. The van der Waals surface area contributed by atoms with E-state index in [1.807, 2.05) is 16.6 Å². The van der Waals surface area contributed by atoms with Gasteiger partial charge in [0.05, 0.1) is 0 Å². The number of hydrogen-bond acceptors (Lipinski definition) is 3. The Morgan fingerprint density at radius 2 is 2.08 bits per heavy atom. The lowest BCUT2D eigenvalue weighted by atomic mass is 9.90. The topological polar surface area (TPSA) is 41.4 Å². The molecule has 1 fully saturated rings. The summed E-state index contributed by atoms with van der Waals surface area (Å²) in [5.41, 5.74) is 4.33. The molecule has 0 N–H and O–H groups in total. The molecule has 1 amide bonds. The van der Waals surface area contributed by atoms with Gasteiger partial charge in [0.1, 0.15) is 0 Å². The monoisotopic (exact) mass is 330 g/mol. The lowest BCUT2D eigenvalue weighted by Gasteiger charge is -2.34. The fourth-order valence-electron chi connectivity index (χ4n) is 4.17. The van der Waals surface area contributed by atoms with Crippen molar-refractivity contribution in [2.24, 2.45) is 7.05 Å². The van der Waals surface area contributed by atoms with E-state index in [0.717, 1.165) is 58.3 Å². The molecule has 0 spiro atoms. The molecule has 2 aliphatic rings. The molecule has 0 radical (unpaired) electrons. The summed E-state index contributed by atoms with van der Waals surface area (Å²) in [4.78, 5) is 17.3. The second kappa shape index (κ2) is 7.09. The molecule has 3 rings (SSSR count). The normalized spacial score (nSPS) is 20.5. The molecular formula is C19H30N4O. The Labute approximate surface area is 145 Å². The highest BCUT2D eigenvalue weighted by Gasteiger charge is 2.32. The molecule has 24 heavy (non-hydrogen) atoms. The molecule has 5 nitrogen and oxygen atoms in total. The van der Waals surface area contributed by atoms with E-state index in [9.17, 15) is 4.79 Å². The Balaban J connectivity index is 1.84. The Hall–Kier alpha value is -1.62. The van der Waals surface area contributed by atoms with Gasteiger partial charge in [0.15, 0.2) is 5.69 Å². The fourth-order valence-corrected chi connectivity index (χ4v) is 4.17. The van der Waals surface area contributed by atoms with Crippen LogP contribution in [0, 0.1) is 0 Å². The maximum Gasteiger partial charge on any atom is 0.274 e.